The lowest BCUT2D eigenvalue weighted by molar-refractivity contribution is -0.197. The van der Waals surface area contributed by atoms with Gasteiger partial charge in [-0.25, -0.2) is 0 Å². The van der Waals surface area contributed by atoms with Crippen molar-refractivity contribution in [2.75, 3.05) is 6.61 Å². The summed E-state index contributed by atoms with van der Waals surface area (Å²) in [5.74, 6) is -1.15. The molecule has 150 valence electrons. The largest absolute Gasteiger partial charge is 0.465 e. The highest BCUT2D eigenvalue weighted by atomic mass is 19.4. The van der Waals surface area contributed by atoms with Crippen LogP contribution in [0.1, 0.15) is 77.6 Å². The quantitative estimate of drug-likeness (QED) is 0.378. The van der Waals surface area contributed by atoms with E-state index in [1.807, 2.05) is 6.08 Å². The van der Waals surface area contributed by atoms with Crippen LogP contribution in [0.4, 0.5) is 13.2 Å². The molecule has 5 heteroatoms. The third kappa shape index (κ3) is 6.62. The molecular formula is C21H33F3O2. The third-order valence-corrected chi connectivity index (χ3v) is 6.04. The van der Waals surface area contributed by atoms with Gasteiger partial charge < -0.3 is 4.74 Å². The second kappa shape index (κ2) is 10.4. The van der Waals surface area contributed by atoms with Crippen LogP contribution in [-0.2, 0) is 9.53 Å². The van der Waals surface area contributed by atoms with Gasteiger partial charge >= 0.3 is 12.1 Å². The molecule has 0 saturated heterocycles. The van der Waals surface area contributed by atoms with Gasteiger partial charge in [-0.05, 0) is 56.3 Å². The van der Waals surface area contributed by atoms with Crippen LogP contribution in [-0.4, -0.2) is 18.8 Å². The number of allylic oxidation sites excluding steroid dienone is 2. The van der Waals surface area contributed by atoms with Crippen molar-refractivity contribution in [2.45, 2.75) is 83.7 Å². The number of carbonyl (C=O) groups excluding carboxylic acids is 1. The second-order valence-corrected chi connectivity index (χ2v) is 8.00. The molecule has 2 rings (SSSR count). The molecular weight excluding hydrogens is 341 g/mol. The van der Waals surface area contributed by atoms with Gasteiger partial charge in [-0.15, -0.1) is 0 Å². The average Bonchev–Trinajstić information content (AvgIpc) is 2.63. The second-order valence-electron chi connectivity index (χ2n) is 8.00. The van der Waals surface area contributed by atoms with Gasteiger partial charge in [-0.1, -0.05) is 51.2 Å². The first-order valence-corrected chi connectivity index (χ1v) is 10.3. The van der Waals surface area contributed by atoms with E-state index in [0.29, 0.717) is 12.3 Å². The van der Waals surface area contributed by atoms with Gasteiger partial charge in [-0.2, -0.15) is 13.2 Å². The number of rotatable bonds is 7. The van der Waals surface area contributed by atoms with Crippen molar-refractivity contribution in [2.24, 2.45) is 23.7 Å². The first-order valence-electron chi connectivity index (χ1n) is 10.3. The molecule has 0 aromatic heterocycles. The van der Waals surface area contributed by atoms with Crippen molar-refractivity contribution in [1.82, 2.24) is 0 Å². The molecule has 2 saturated carbocycles. The Labute approximate surface area is 155 Å². The zero-order valence-corrected chi connectivity index (χ0v) is 15.9. The molecule has 0 spiro atoms. The molecule has 2 aliphatic carbocycles. The minimum Gasteiger partial charge on any atom is -0.465 e. The molecule has 0 N–H and O–H groups in total. The number of esters is 1. The Morgan fingerprint density at radius 3 is 2.23 bits per heavy atom. The minimum absolute atomic E-state index is 0.0420. The summed E-state index contributed by atoms with van der Waals surface area (Å²) < 4.78 is 44.0. The van der Waals surface area contributed by atoms with E-state index in [-0.39, 0.29) is 13.0 Å². The van der Waals surface area contributed by atoms with E-state index in [9.17, 15) is 18.0 Å². The maximum Gasteiger partial charge on any atom is 0.402 e. The topological polar surface area (TPSA) is 26.3 Å². The van der Waals surface area contributed by atoms with Crippen molar-refractivity contribution >= 4 is 5.97 Å². The van der Waals surface area contributed by atoms with Crippen molar-refractivity contribution in [3.63, 3.8) is 0 Å². The van der Waals surface area contributed by atoms with E-state index in [4.69, 9.17) is 4.74 Å². The summed E-state index contributed by atoms with van der Waals surface area (Å²) in [6.07, 6.45) is 10.4. The lowest BCUT2D eigenvalue weighted by Crippen LogP contribution is -2.32. The summed E-state index contributed by atoms with van der Waals surface area (Å²) in [7, 11) is 0. The summed E-state index contributed by atoms with van der Waals surface area (Å²) in [6, 6.07) is 0. The maximum absolute atomic E-state index is 13.1. The predicted molar refractivity (Wildman–Crippen MR) is 96.6 cm³/mol. The Hall–Kier alpha value is -1.00. The van der Waals surface area contributed by atoms with Gasteiger partial charge in [0, 0.05) is 0 Å². The summed E-state index contributed by atoms with van der Waals surface area (Å²) >= 11 is 0. The summed E-state index contributed by atoms with van der Waals surface area (Å²) in [5.41, 5.74) is 0. The van der Waals surface area contributed by atoms with Crippen LogP contribution in [0, 0.1) is 23.7 Å². The summed E-state index contributed by atoms with van der Waals surface area (Å²) in [5, 5.41) is 0. The van der Waals surface area contributed by atoms with E-state index < -0.39 is 18.1 Å². The highest BCUT2D eigenvalue weighted by Gasteiger charge is 2.45. The molecule has 1 atom stereocenters. The predicted octanol–water partition coefficient (Wildman–Crippen LogP) is 6.45. The van der Waals surface area contributed by atoms with Gasteiger partial charge in [0.15, 0.2) is 5.92 Å². The smallest absolute Gasteiger partial charge is 0.402 e. The average molecular weight is 374 g/mol. The van der Waals surface area contributed by atoms with Crippen LogP contribution >= 0.6 is 0 Å². The van der Waals surface area contributed by atoms with E-state index in [2.05, 4.69) is 0 Å². The highest BCUT2D eigenvalue weighted by molar-refractivity contribution is 5.73. The van der Waals surface area contributed by atoms with Gasteiger partial charge in [0.25, 0.3) is 0 Å². The fourth-order valence-corrected chi connectivity index (χ4v) is 4.49. The molecule has 0 amide bonds. The van der Waals surface area contributed by atoms with Crippen LogP contribution in [0.25, 0.3) is 0 Å². The van der Waals surface area contributed by atoms with E-state index in [0.717, 1.165) is 24.7 Å². The van der Waals surface area contributed by atoms with Gasteiger partial charge in [0.2, 0.25) is 0 Å². The number of carbonyl (C=O) groups is 1. The molecule has 0 aliphatic heterocycles. The maximum atomic E-state index is 13.1. The monoisotopic (exact) mass is 374 g/mol. The molecule has 0 aromatic rings. The van der Waals surface area contributed by atoms with Crippen LogP contribution in [0.5, 0.6) is 0 Å². The number of hydrogen-bond donors (Lipinski definition) is 0. The Morgan fingerprint density at radius 2 is 1.65 bits per heavy atom. The first kappa shape index (κ1) is 21.3. The molecule has 26 heavy (non-hydrogen) atoms. The van der Waals surface area contributed by atoms with Crippen molar-refractivity contribution in [3.05, 3.63) is 12.2 Å². The molecule has 0 aromatic carbocycles. The van der Waals surface area contributed by atoms with E-state index in [1.54, 1.807) is 13.0 Å². The Kier molecular flexibility index (Phi) is 8.49. The molecule has 2 nitrogen and oxygen atoms in total. The normalized spacial score (nSPS) is 26.8. The number of halogens is 3. The molecule has 1 unspecified atom stereocenters. The molecule has 0 bridgehead atoms. The Bertz CT molecular complexity index is 445. The number of hydrogen-bond acceptors (Lipinski definition) is 2. The van der Waals surface area contributed by atoms with Crippen LogP contribution in [0.3, 0.4) is 0 Å². The number of alkyl halides is 3. The fourth-order valence-electron chi connectivity index (χ4n) is 4.49. The fraction of sp³-hybridized carbons (Fsp3) is 0.857. The molecule has 2 aliphatic rings. The lowest BCUT2D eigenvalue weighted by Gasteiger charge is -2.35. The third-order valence-electron chi connectivity index (χ3n) is 6.04. The Balaban J connectivity index is 1.78. The zero-order valence-electron chi connectivity index (χ0n) is 15.9. The van der Waals surface area contributed by atoms with Gasteiger partial charge in [-0.3, -0.25) is 4.79 Å². The van der Waals surface area contributed by atoms with Crippen LogP contribution in [0.2, 0.25) is 0 Å². The Morgan fingerprint density at radius 1 is 1.04 bits per heavy atom. The van der Waals surface area contributed by atoms with Gasteiger partial charge in [0.1, 0.15) is 0 Å². The molecule has 0 radical (unpaired) electrons. The van der Waals surface area contributed by atoms with Crippen molar-refractivity contribution < 1.29 is 22.7 Å². The van der Waals surface area contributed by atoms with E-state index in [1.165, 1.54) is 44.9 Å². The zero-order chi connectivity index (χ0) is 19.0. The number of ether oxygens (including phenoxy) is 1. The molecule has 0 heterocycles. The van der Waals surface area contributed by atoms with Gasteiger partial charge in [0.05, 0.1) is 6.61 Å². The van der Waals surface area contributed by atoms with Crippen molar-refractivity contribution in [3.8, 4) is 0 Å². The minimum atomic E-state index is -4.55. The SMILES string of the molecule is CCCOC(=O)C(CC=C[C@H]1CC[C@H](C2CCCCC2)CC1)C(F)(F)F. The van der Waals surface area contributed by atoms with Crippen LogP contribution in [0.15, 0.2) is 12.2 Å². The van der Waals surface area contributed by atoms with Crippen molar-refractivity contribution in [1.29, 1.82) is 0 Å². The first-order chi connectivity index (χ1) is 12.4. The standard InChI is InChI=1S/C21H33F3O2/c1-2-15-26-20(25)19(21(22,23)24)10-6-7-16-11-13-18(14-12-16)17-8-4-3-5-9-17/h6-7,16-19H,2-5,8-15H2,1H3/t16-,18-,19?. The summed E-state index contributed by atoms with van der Waals surface area (Å²) in [4.78, 5) is 11.7. The highest BCUT2D eigenvalue weighted by Crippen LogP contribution is 2.40. The lowest BCUT2D eigenvalue weighted by atomic mass is 9.71. The van der Waals surface area contributed by atoms with Crippen LogP contribution < -0.4 is 0 Å². The van der Waals surface area contributed by atoms with E-state index >= 15 is 0 Å². The molecule has 2 fully saturated rings. The summed E-state index contributed by atoms with van der Waals surface area (Å²) in [6.45, 7) is 1.81.